The minimum Gasteiger partial charge on any atom is -0.464 e. The third-order valence-electron chi connectivity index (χ3n) is 4.72. The molecule has 0 spiro atoms. The number of benzene rings is 1. The van der Waals surface area contributed by atoms with Crippen molar-refractivity contribution in [2.24, 2.45) is 0 Å². The number of carbonyl (C=O) groups excluding carboxylic acids is 3. The van der Waals surface area contributed by atoms with Crippen molar-refractivity contribution in [3.8, 4) is 0 Å². The zero-order chi connectivity index (χ0) is 22.7. The molecule has 0 aromatic heterocycles. The Balaban J connectivity index is 2.70. The number of rotatable bonds is 6. The minimum absolute atomic E-state index is 0.0540. The molecule has 0 N–H and O–H groups in total. The standard InChI is InChI=1S/C20H25BrN2O7/c1-5-29-17(25)20(15(12-23(27)28)13-6-8-14(21)9-7-13)16(24)10-11-22(20)18(26)30-19(2,3)4/h6-9,15H,5,10-12H2,1-4H3/t15-,20+/m1/s1. The normalized spacial score (nSPS) is 20.0. The average Bonchev–Trinajstić information content (AvgIpc) is 2.97. The molecule has 10 heteroatoms. The molecule has 0 saturated carbocycles. The molecule has 0 aliphatic carbocycles. The van der Waals surface area contributed by atoms with Crippen molar-refractivity contribution < 1.29 is 28.8 Å². The van der Waals surface area contributed by atoms with E-state index in [-0.39, 0.29) is 19.6 Å². The van der Waals surface area contributed by atoms with Gasteiger partial charge >= 0.3 is 12.1 Å². The first-order chi connectivity index (χ1) is 13.9. The number of nitro groups is 1. The van der Waals surface area contributed by atoms with Gasteiger partial charge in [-0.05, 0) is 45.4 Å². The van der Waals surface area contributed by atoms with Crippen molar-refractivity contribution in [2.75, 3.05) is 19.7 Å². The molecule has 1 aromatic rings. The van der Waals surface area contributed by atoms with Crippen LogP contribution in [0.25, 0.3) is 0 Å². The molecule has 1 aromatic carbocycles. The Labute approximate surface area is 183 Å². The molecule has 2 rings (SSSR count). The number of ether oxygens (including phenoxy) is 2. The SMILES string of the molecule is CCOC(=O)[C@]1([C@H](C[N+](=O)[O-])c2ccc(Br)cc2)C(=O)CCN1C(=O)OC(C)(C)C. The summed E-state index contributed by atoms with van der Waals surface area (Å²) in [5.74, 6) is -2.85. The van der Waals surface area contributed by atoms with E-state index < -0.39 is 46.4 Å². The van der Waals surface area contributed by atoms with Gasteiger partial charge in [0.25, 0.3) is 0 Å². The molecule has 0 bridgehead atoms. The molecule has 1 aliphatic heterocycles. The molecular formula is C20H25BrN2O7. The van der Waals surface area contributed by atoms with E-state index in [1.165, 1.54) is 0 Å². The monoisotopic (exact) mass is 484 g/mol. The third kappa shape index (κ3) is 4.80. The predicted octanol–water partition coefficient (Wildman–Crippen LogP) is 3.32. The van der Waals surface area contributed by atoms with E-state index in [2.05, 4.69) is 15.9 Å². The summed E-state index contributed by atoms with van der Waals surface area (Å²) in [5.41, 5.74) is -2.70. The molecule has 9 nitrogen and oxygen atoms in total. The van der Waals surface area contributed by atoms with Gasteiger partial charge in [0, 0.05) is 22.4 Å². The van der Waals surface area contributed by atoms with Gasteiger partial charge in [-0.2, -0.15) is 0 Å². The van der Waals surface area contributed by atoms with E-state index in [9.17, 15) is 24.5 Å². The van der Waals surface area contributed by atoms with Crippen molar-refractivity contribution in [3.63, 3.8) is 0 Å². The van der Waals surface area contributed by atoms with Crippen LogP contribution in [0.3, 0.4) is 0 Å². The van der Waals surface area contributed by atoms with E-state index in [1.807, 2.05) is 0 Å². The summed E-state index contributed by atoms with van der Waals surface area (Å²) in [7, 11) is 0. The Kier molecular flexibility index (Phi) is 7.23. The van der Waals surface area contributed by atoms with Gasteiger partial charge in [-0.15, -0.1) is 0 Å². The fourth-order valence-electron chi connectivity index (χ4n) is 3.60. The molecule has 30 heavy (non-hydrogen) atoms. The Morgan fingerprint density at radius 3 is 2.40 bits per heavy atom. The Morgan fingerprint density at radius 2 is 1.90 bits per heavy atom. The lowest BCUT2D eigenvalue weighted by molar-refractivity contribution is -0.485. The molecular weight excluding hydrogens is 460 g/mol. The smallest absolute Gasteiger partial charge is 0.411 e. The maximum absolute atomic E-state index is 13.2. The summed E-state index contributed by atoms with van der Waals surface area (Å²) in [6.07, 6.45) is -1.03. The third-order valence-corrected chi connectivity index (χ3v) is 5.25. The van der Waals surface area contributed by atoms with Crippen LogP contribution in [0, 0.1) is 10.1 Å². The van der Waals surface area contributed by atoms with Crippen LogP contribution >= 0.6 is 15.9 Å². The van der Waals surface area contributed by atoms with Crippen LogP contribution in [0.5, 0.6) is 0 Å². The number of ketones is 1. The molecule has 1 amide bonds. The van der Waals surface area contributed by atoms with Gasteiger partial charge in [0.2, 0.25) is 12.1 Å². The van der Waals surface area contributed by atoms with Gasteiger partial charge in [0.15, 0.2) is 5.78 Å². The van der Waals surface area contributed by atoms with E-state index in [4.69, 9.17) is 9.47 Å². The largest absolute Gasteiger partial charge is 0.464 e. The molecule has 1 aliphatic rings. The van der Waals surface area contributed by atoms with Crippen molar-refractivity contribution in [1.29, 1.82) is 0 Å². The second kappa shape index (κ2) is 9.11. The number of carbonyl (C=O) groups is 3. The van der Waals surface area contributed by atoms with Gasteiger partial charge in [0.05, 0.1) is 12.5 Å². The highest BCUT2D eigenvalue weighted by Gasteiger charge is 2.64. The molecule has 164 valence electrons. The summed E-state index contributed by atoms with van der Waals surface area (Å²) in [4.78, 5) is 51.3. The molecule has 0 radical (unpaired) electrons. The highest BCUT2D eigenvalue weighted by molar-refractivity contribution is 9.10. The van der Waals surface area contributed by atoms with E-state index in [0.29, 0.717) is 5.56 Å². The number of hydrogen-bond acceptors (Lipinski definition) is 7. The molecule has 1 saturated heterocycles. The summed E-state index contributed by atoms with van der Waals surface area (Å²) in [5, 5.41) is 11.5. The number of likely N-dealkylation sites (tertiary alicyclic amines) is 1. The van der Waals surface area contributed by atoms with Gasteiger partial charge in [-0.25, -0.2) is 9.59 Å². The maximum Gasteiger partial charge on any atom is 0.411 e. The Hall–Kier alpha value is -2.49. The highest BCUT2D eigenvalue weighted by Crippen LogP contribution is 2.42. The number of amides is 1. The summed E-state index contributed by atoms with van der Waals surface area (Å²) in [6.45, 7) is 5.61. The van der Waals surface area contributed by atoms with Gasteiger partial charge in [0.1, 0.15) is 5.60 Å². The second-order valence-corrected chi connectivity index (χ2v) is 8.83. The summed E-state index contributed by atoms with van der Waals surface area (Å²) >= 11 is 3.30. The van der Waals surface area contributed by atoms with Gasteiger partial charge in [-0.1, -0.05) is 28.1 Å². The first-order valence-corrected chi connectivity index (χ1v) is 10.3. The molecule has 1 fully saturated rings. The lowest BCUT2D eigenvalue weighted by Gasteiger charge is -2.39. The van der Waals surface area contributed by atoms with E-state index in [1.54, 1.807) is 52.0 Å². The van der Waals surface area contributed by atoms with Crippen molar-refractivity contribution >= 4 is 33.8 Å². The first kappa shape index (κ1) is 23.8. The van der Waals surface area contributed by atoms with Crippen LogP contribution in [-0.2, 0) is 19.1 Å². The molecule has 2 atom stereocenters. The number of halogens is 1. The van der Waals surface area contributed by atoms with Crippen LogP contribution < -0.4 is 0 Å². The van der Waals surface area contributed by atoms with Crippen LogP contribution in [0.15, 0.2) is 28.7 Å². The van der Waals surface area contributed by atoms with Gasteiger partial charge < -0.3 is 9.47 Å². The predicted molar refractivity (Wildman–Crippen MR) is 111 cm³/mol. The topological polar surface area (TPSA) is 116 Å². The Morgan fingerprint density at radius 1 is 1.30 bits per heavy atom. The highest BCUT2D eigenvalue weighted by atomic mass is 79.9. The van der Waals surface area contributed by atoms with Crippen LogP contribution in [0.1, 0.15) is 45.6 Å². The maximum atomic E-state index is 13.2. The van der Waals surface area contributed by atoms with Gasteiger partial charge in [-0.3, -0.25) is 19.8 Å². The fraction of sp³-hybridized carbons (Fsp3) is 0.550. The summed E-state index contributed by atoms with van der Waals surface area (Å²) < 4.78 is 11.3. The van der Waals surface area contributed by atoms with E-state index in [0.717, 1.165) is 9.37 Å². The second-order valence-electron chi connectivity index (χ2n) is 7.91. The lowest BCUT2D eigenvalue weighted by atomic mass is 9.76. The summed E-state index contributed by atoms with van der Waals surface area (Å²) in [6, 6.07) is 6.47. The van der Waals surface area contributed by atoms with Crippen LogP contribution in [0.4, 0.5) is 4.79 Å². The zero-order valence-corrected chi connectivity index (χ0v) is 18.9. The number of nitrogens with zero attached hydrogens (tertiary/aromatic N) is 2. The van der Waals surface area contributed by atoms with Crippen LogP contribution in [0.2, 0.25) is 0 Å². The molecule has 1 heterocycles. The number of hydrogen-bond donors (Lipinski definition) is 0. The van der Waals surface area contributed by atoms with Crippen molar-refractivity contribution in [1.82, 2.24) is 4.90 Å². The zero-order valence-electron chi connectivity index (χ0n) is 17.3. The number of esters is 1. The minimum atomic E-state index is -2.18. The lowest BCUT2D eigenvalue weighted by Crippen LogP contribution is -2.63. The molecule has 0 unspecified atom stereocenters. The van der Waals surface area contributed by atoms with Crippen LogP contribution in [-0.4, -0.2) is 58.5 Å². The first-order valence-electron chi connectivity index (χ1n) is 9.51. The van der Waals surface area contributed by atoms with E-state index >= 15 is 0 Å². The fourth-order valence-corrected chi connectivity index (χ4v) is 3.86. The average molecular weight is 485 g/mol. The van der Waals surface area contributed by atoms with Crippen molar-refractivity contribution in [2.45, 2.75) is 51.2 Å². The quantitative estimate of drug-likeness (QED) is 0.263. The van der Waals surface area contributed by atoms with Crippen molar-refractivity contribution in [3.05, 3.63) is 44.4 Å². The Bertz CT molecular complexity index is 835. The number of Topliss-reactive ketones (excluding diaryl/α,β-unsaturated/α-hetero) is 1.